The van der Waals surface area contributed by atoms with Crippen molar-refractivity contribution in [2.75, 3.05) is 7.11 Å². The molecule has 1 unspecified atom stereocenters. The van der Waals surface area contributed by atoms with Gasteiger partial charge in [0.15, 0.2) is 5.75 Å². The van der Waals surface area contributed by atoms with Crippen LogP contribution in [0.3, 0.4) is 0 Å². The second-order valence-electron chi connectivity index (χ2n) is 5.84. The third kappa shape index (κ3) is 4.77. The molecule has 2 rings (SSSR count). The average Bonchev–Trinajstić information content (AvgIpc) is 2.58. The quantitative estimate of drug-likeness (QED) is 0.831. The van der Waals surface area contributed by atoms with Crippen LogP contribution in [0.4, 0.5) is 0 Å². The standard InChI is InChI=1S/C18H20Cl2N2O3/c1-11(4-5-12-6-7-14(19)15(20)10-12)21-17(23)13-8-9-22(2)18(24)16(13)25-3/h6-11H,4-5H2,1-3H3,(H,21,23). The number of carbonyl (C=O) groups excluding carboxylic acids is 1. The van der Waals surface area contributed by atoms with Crippen LogP contribution in [-0.2, 0) is 13.5 Å². The molecule has 0 spiro atoms. The number of ether oxygens (including phenoxy) is 1. The molecule has 7 heteroatoms. The summed E-state index contributed by atoms with van der Waals surface area (Å²) >= 11 is 11.9. The molecule has 1 N–H and O–H groups in total. The van der Waals surface area contributed by atoms with Crippen LogP contribution in [0.5, 0.6) is 5.75 Å². The number of nitrogens with one attached hydrogen (secondary N) is 1. The average molecular weight is 383 g/mol. The van der Waals surface area contributed by atoms with Gasteiger partial charge in [0.05, 0.1) is 22.7 Å². The topological polar surface area (TPSA) is 60.3 Å². The molecule has 1 amide bonds. The van der Waals surface area contributed by atoms with Crippen LogP contribution in [0.2, 0.25) is 10.0 Å². The lowest BCUT2D eigenvalue weighted by molar-refractivity contribution is 0.0935. The Bertz CT molecular complexity index is 834. The van der Waals surface area contributed by atoms with Gasteiger partial charge in [-0.2, -0.15) is 0 Å². The van der Waals surface area contributed by atoms with Crippen LogP contribution >= 0.6 is 23.2 Å². The molecule has 1 aromatic heterocycles. The van der Waals surface area contributed by atoms with Crippen LogP contribution in [0.15, 0.2) is 35.3 Å². The van der Waals surface area contributed by atoms with Crippen molar-refractivity contribution in [3.8, 4) is 5.75 Å². The maximum absolute atomic E-state index is 12.4. The zero-order valence-electron chi connectivity index (χ0n) is 14.3. The Labute approximate surface area is 156 Å². The number of benzene rings is 1. The molecule has 1 aromatic carbocycles. The number of nitrogens with zero attached hydrogens (tertiary/aromatic N) is 1. The fourth-order valence-corrected chi connectivity index (χ4v) is 2.75. The van der Waals surface area contributed by atoms with Gasteiger partial charge in [0, 0.05) is 19.3 Å². The summed E-state index contributed by atoms with van der Waals surface area (Å²) in [7, 11) is 2.98. The van der Waals surface area contributed by atoms with Gasteiger partial charge in [-0.1, -0.05) is 29.3 Å². The fraction of sp³-hybridized carbons (Fsp3) is 0.333. The highest BCUT2D eigenvalue weighted by Crippen LogP contribution is 2.23. The normalized spacial score (nSPS) is 11.9. The molecule has 134 valence electrons. The maximum Gasteiger partial charge on any atom is 0.293 e. The van der Waals surface area contributed by atoms with Crippen LogP contribution in [0.1, 0.15) is 29.3 Å². The molecule has 1 heterocycles. The minimum absolute atomic E-state index is 0.0409. The molecule has 2 aromatic rings. The zero-order valence-corrected chi connectivity index (χ0v) is 15.8. The molecule has 1 atom stereocenters. The van der Waals surface area contributed by atoms with Crippen molar-refractivity contribution < 1.29 is 9.53 Å². The Morgan fingerprint density at radius 1 is 1.28 bits per heavy atom. The number of halogens is 2. The number of pyridine rings is 1. The number of carbonyl (C=O) groups is 1. The Morgan fingerprint density at radius 2 is 2.00 bits per heavy atom. The molecule has 0 saturated heterocycles. The molecule has 25 heavy (non-hydrogen) atoms. The molecule has 0 aliphatic heterocycles. The van der Waals surface area contributed by atoms with Gasteiger partial charge in [-0.25, -0.2) is 0 Å². The highest BCUT2D eigenvalue weighted by atomic mass is 35.5. The highest BCUT2D eigenvalue weighted by Gasteiger charge is 2.18. The Balaban J connectivity index is 2.02. The van der Waals surface area contributed by atoms with Crippen LogP contribution in [0.25, 0.3) is 0 Å². The number of aryl methyl sites for hydroxylation is 2. The smallest absolute Gasteiger partial charge is 0.293 e. The molecule has 0 saturated carbocycles. The van der Waals surface area contributed by atoms with Crippen LogP contribution < -0.4 is 15.6 Å². The number of amides is 1. The van der Waals surface area contributed by atoms with Crippen LogP contribution in [0, 0.1) is 0 Å². The number of hydrogen-bond acceptors (Lipinski definition) is 3. The summed E-state index contributed by atoms with van der Waals surface area (Å²) in [4.78, 5) is 24.4. The molecular formula is C18H20Cl2N2O3. The van der Waals surface area contributed by atoms with Crippen molar-refractivity contribution in [3.05, 3.63) is 62.0 Å². The van der Waals surface area contributed by atoms with E-state index in [4.69, 9.17) is 27.9 Å². The third-order valence-electron chi connectivity index (χ3n) is 3.90. The second-order valence-corrected chi connectivity index (χ2v) is 6.65. The van der Waals surface area contributed by atoms with Crippen molar-refractivity contribution >= 4 is 29.1 Å². The summed E-state index contributed by atoms with van der Waals surface area (Å²) in [6.45, 7) is 1.91. The molecule has 0 bridgehead atoms. The van der Waals surface area contributed by atoms with Crippen LogP contribution in [-0.4, -0.2) is 23.6 Å². The minimum atomic E-state index is -0.349. The largest absolute Gasteiger partial charge is 0.491 e. The zero-order chi connectivity index (χ0) is 18.6. The Hall–Kier alpha value is -1.98. The summed E-state index contributed by atoms with van der Waals surface area (Å²) in [6, 6.07) is 6.97. The molecule has 0 aliphatic carbocycles. The summed E-state index contributed by atoms with van der Waals surface area (Å²) < 4.78 is 6.46. The minimum Gasteiger partial charge on any atom is -0.491 e. The molecular weight excluding hydrogens is 363 g/mol. The number of rotatable bonds is 6. The first kappa shape index (κ1) is 19.3. The number of hydrogen-bond donors (Lipinski definition) is 1. The number of methoxy groups -OCH3 is 1. The van der Waals surface area contributed by atoms with Crippen molar-refractivity contribution in [1.82, 2.24) is 9.88 Å². The van der Waals surface area contributed by atoms with E-state index in [0.29, 0.717) is 10.0 Å². The predicted octanol–water partition coefficient (Wildman–Crippen LogP) is 3.45. The molecule has 0 aliphatic rings. The highest BCUT2D eigenvalue weighted by molar-refractivity contribution is 6.42. The fourth-order valence-electron chi connectivity index (χ4n) is 2.43. The van der Waals surface area contributed by atoms with Gasteiger partial charge >= 0.3 is 0 Å². The predicted molar refractivity (Wildman–Crippen MR) is 99.9 cm³/mol. The van der Waals surface area contributed by atoms with E-state index in [1.165, 1.54) is 11.7 Å². The van der Waals surface area contributed by atoms with E-state index in [1.54, 1.807) is 25.4 Å². The van der Waals surface area contributed by atoms with E-state index in [9.17, 15) is 9.59 Å². The summed E-state index contributed by atoms with van der Waals surface area (Å²) in [5.41, 5.74) is 0.923. The first-order valence-corrected chi connectivity index (χ1v) is 8.57. The van der Waals surface area contributed by atoms with Gasteiger partial charge in [-0.3, -0.25) is 9.59 Å². The van der Waals surface area contributed by atoms with Gasteiger partial charge < -0.3 is 14.6 Å². The second kappa shape index (κ2) is 8.41. The van der Waals surface area contributed by atoms with Gasteiger partial charge in [0.2, 0.25) is 0 Å². The van der Waals surface area contributed by atoms with E-state index in [0.717, 1.165) is 18.4 Å². The maximum atomic E-state index is 12.4. The van der Waals surface area contributed by atoms with Crippen molar-refractivity contribution in [3.63, 3.8) is 0 Å². The van der Waals surface area contributed by atoms with E-state index in [2.05, 4.69) is 5.32 Å². The van der Waals surface area contributed by atoms with Crippen molar-refractivity contribution in [1.29, 1.82) is 0 Å². The van der Waals surface area contributed by atoms with Gasteiger partial charge in [0.1, 0.15) is 0 Å². The van der Waals surface area contributed by atoms with Crippen molar-refractivity contribution in [2.24, 2.45) is 7.05 Å². The van der Waals surface area contributed by atoms with Gasteiger partial charge in [0.25, 0.3) is 11.5 Å². The first-order valence-electron chi connectivity index (χ1n) is 7.82. The van der Waals surface area contributed by atoms with E-state index in [-0.39, 0.29) is 28.8 Å². The van der Waals surface area contributed by atoms with Gasteiger partial charge in [-0.05, 0) is 43.5 Å². The lowest BCUT2D eigenvalue weighted by atomic mass is 10.1. The lowest BCUT2D eigenvalue weighted by Gasteiger charge is -2.15. The van der Waals surface area contributed by atoms with Crippen molar-refractivity contribution in [2.45, 2.75) is 25.8 Å². The summed E-state index contributed by atoms with van der Waals surface area (Å²) in [6.07, 6.45) is 3.00. The molecule has 5 nitrogen and oxygen atoms in total. The lowest BCUT2D eigenvalue weighted by Crippen LogP contribution is -2.34. The van der Waals surface area contributed by atoms with E-state index >= 15 is 0 Å². The van der Waals surface area contributed by atoms with Gasteiger partial charge in [-0.15, -0.1) is 0 Å². The summed E-state index contributed by atoms with van der Waals surface area (Å²) in [5, 5.41) is 3.92. The third-order valence-corrected chi connectivity index (χ3v) is 4.64. The SMILES string of the molecule is COc1c(C(=O)NC(C)CCc2ccc(Cl)c(Cl)c2)ccn(C)c1=O. The first-order chi connectivity index (χ1) is 11.8. The Kier molecular flexibility index (Phi) is 6.51. The van der Waals surface area contributed by atoms with E-state index in [1.807, 2.05) is 19.1 Å². The Morgan fingerprint density at radius 3 is 2.64 bits per heavy atom. The molecule has 0 radical (unpaired) electrons. The molecule has 0 fully saturated rings. The monoisotopic (exact) mass is 382 g/mol. The number of aromatic nitrogens is 1. The van der Waals surface area contributed by atoms with E-state index < -0.39 is 0 Å². The summed E-state index contributed by atoms with van der Waals surface area (Å²) in [5.74, 6) is -0.296.